The van der Waals surface area contributed by atoms with Crippen LogP contribution in [-0.4, -0.2) is 11.2 Å². The predicted octanol–water partition coefficient (Wildman–Crippen LogP) is 2.09. The van der Waals surface area contributed by atoms with E-state index in [1.807, 2.05) is 11.5 Å². The first kappa shape index (κ1) is 9.39. The molecule has 0 N–H and O–H groups in total. The summed E-state index contributed by atoms with van der Waals surface area (Å²) in [7, 11) is 0. The summed E-state index contributed by atoms with van der Waals surface area (Å²) in [6.45, 7) is 2.39. The summed E-state index contributed by atoms with van der Waals surface area (Å²) in [6.07, 6.45) is 1.70. The molecule has 82 valence electrons. The van der Waals surface area contributed by atoms with Crippen molar-refractivity contribution in [3.63, 3.8) is 0 Å². The molecule has 1 aromatic heterocycles. The first-order valence-corrected chi connectivity index (χ1v) is 5.14. The average Bonchev–Trinajstić information content (AvgIpc) is 2.27. The molecule has 0 amide bonds. The monoisotopic (exact) mass is 219 g/mol. The third-order valence-corrected chi connectivity index (χ3v) is 2.94. The third-order valence-electron chi connectivity index (χ3n) is 2.94. The second-order valence-electron chi connectivity index (χ2n) is 4.02. The molecular weight excluding hydrogens is 209 g/mol. The summed E-state index contributed by atoms with van der Waals surface area (Å²) in [5.74, 6) is -0.230. The van der Waals surface area contributed by atoms with Crippen LogP contribution in [-0.2, 0) is 0 Å². The van der Waals surface area contributed by atoms with Gasteiger partial charge in [0.05, 0.1) is 11.6 Å². The molecular formula is C12H10FNO2. The van der Waals surface area contributed by atoms with Crippen LogP contribution in [0.1, 0.15) is 13.0 Å². The highest BCUT2D eigenvalue weighted by Gasteiger charge is 2.21. The van der Waals surface area contributed by atoms with Crippen molar-refractivity contribution < 1.29 is 9.13 Å². The van der Waals surface area contributed by atoms with Crippen molar-refractivity contribution in [1.29, 1.82) is 0 Å². The van der Waals surface area contributed by atoms with Crippen molar-refractivity contribution in [2.75, 3.05) is 6.61 Å². The first-order valence-electron chi connectivity index (χ1n) is 5.14. The van der Waals surface area contributed by atoms with Gasteiger partial charge in [0.2, 0.25) is 0 Å². The highest BCUT2D eigenvalue weighted by atomic mass is 19.1. The van der Waals surface area contributed by atoms with Crippen molar-refractivity contribution in [2.45, 2.75) is 13.0 Å². The highest BCUT2D eigenvalue weighted by molar-refractivity contribution is 5.85. The Bertz CT molecular complexity index is 633. The molecule has 2 aromatic rings. The molecule has 1 atom stereocenters. The summed E-state index contributed by atoms with van der Waals surface area (Å²) in [6, 6.07) is 4.40. The van der Waals surface area contributed by atoms with Gasteiger partial charge in [0.15, 0.2) is 17.0 Å². The number of rotatable bonds is 0. The quantitative estimate of drug-likeness (QED) is 0.679. The van der Waals surface area contributed by atoms with E-state index >= 15 is 0 Å². The van der Waals surface area contributed by atoms with Gasteiger partial charge >= 0.3 is 0 Å². The Morgan fingerprint density at radius 2 is 2.25 bits per heavy atom. The zero-order chi connectivity index (χ0) is 11.3. The first-order chi connectivity index (χ1) is 7.68. The molecule has 0 spiro atoms. The number of aromatic nitrogens is 1. The molecule has 1 aromatic carbocycles. The van der Waals surface area contributed by atoms with Crippen LogP contribution in [0.25, 0.3) is 10.9 Å². The molecule has 0 saturated carbocycles. The van der Waals surface area contributed by atoms with Gasteiger partial charge in [0.1, 0.15) is 6.61 Å². The van der Waals surface area contributed by atoms with Crippen LogP contribution < -0.4 is 10.2 Å². The molecule has 0 fully saturated rings. The molecule has 16 heavy (non-hydrogen) atoms. The molecule has 3 rings (SSSR count). The minimum Gasteiger partial charge on any atom is -0.486 e. The predicted molar refractivity (Wildman–Crippen MR) is 58.4 cm³/mol. The van der Waals surface area contributed by atoms with Crippen molar-refractivity contribution in [2.24, 2.45) is 0 Å². The largest absolute Gasteiger partial charge is 0.486 e. The van der Waals surface area contributed by atoms with E-state index in [1.165, 1.54) is 18.2 Å². The second-order valence-corrected chi connectivity index (χ2v) is 4.02. The summed E-state index contributed by atoms with van der Waals surface area (Å²) in [4.78, 5) is 11.6. The lowest BCUT2D eigenvalue weighted by atomic mass is 10.1. The third kappa shape index (κ3) is 1.10. The summed E-state index contributed by atoms with van der Waals surface area (Å²) in [5.41, 5.74) is 0.455. The van der Waals surface area contributed by atoms with Crippen LogP contribution in [0, 0.1) is 5.82 Å². The van der Waals surface area contributed by atoms with E-state index in [2.05, 4.69) is 0 Å². The summed E-state index contributed by atoms with van der Waals surface area (Å²) in [5, 5.41) is 0.505. The van der Waals surface area contributed by atoms with Gasteiger partial charge < -0.3 is 9.30 Å². The molecule has 0 radical (unpaired) electrons. The molecule has 0 saturated heterocycles. The molecule has 1 aliphatic heterocycles. The number of halogens is 1. The second kappa shape index (κ2) is 3.07. The smallest absolute Gasteiger partial charge is 0.189 e. The topological polar surface area (TPSA) is 31.2 Å². The van der Waals surface area contributed by atoms with Crippen LogP contribution in [0.2, 0.25) is 0 Å². The van der Waals surface area contributed by atoms with Gasteiger partial charge in [-0.1, -0.05) is 0 Å². The minimum absolute atomic E-state index is 0.106. The molecule has 3 nitrogen and oxygen atoms in total. The zero-order valence-corrected chi connectivity index (χ0v) is 8.74. The van der Waals surface area contributed by atoms with Crippen LogP contribution in [0.5, 0.6) is 5.75 Å². The average molecular weight is 219 g/mol. The molecule has 2 heterocycles. The van der Waals surface area contributed by atoms with Crippen LogP contribution in [0.4, 0.5) is 4.39 Å². The van der Waals surface area contributed by atoms with E-state index in [4.69, 9.17) is 4.74 Å². The zero-order valence-electron chi connectivity index (χ0n) is 8.74. The van der Waals surface area contributed by atoms with Crippen molar-refractivity contribution in [3.8, 4) is 5.75 Å². The number of benzene rings is 1. The lowest BCUT2D eigenvalue weighted by molar-refractivity contribution is 0.237. The van der Waals surface area contributed by atoms with E-state index in [-0.39, 0.29) is 17.2 Å². The van der Waals surface area contributed by atoms with Gasteiger partial charge in [-0.25, -0.2) is 4.39 Å². The van der Waals surface area contributed by atoms with Gasteiger partial charge in [-0.3, -0.25) is 4.79 Å². The lowest BCUT2D eigenvalue weighted by Gasteiger charge is -2.26. The SMILES string of the molecule is C[C@H]1COc2c(F)ccc3c(=O)ccn1c23. The summed E-state index contributed by atoms with van der Waals surface area (Å²) < 4.78 is 20.8. The number of hydrogen-bond donors (Lipinski definition) is 0. The molecule has 0 aliphatic carbocycles. The number of hydrogen-bond acceptors (Lipinski definition) is 2. The molecule has 0 unspecified atom stereocenters. The fourth-order valence-electron chi connectivity index (χ4n) is 2.10. The number of ether oxygens (including phenoxy) is 1. The fourth-order valence-corrected chi connectivity index (χ4v) is 2.10. The maximum atomic E-state index is 13.6. The minimum atomic E-state index is -0.418. The highest BCUT2D eigenvalue weighted by Crippen LogP contribution is 2.32. The van der Waals surface area contributed by atoms with Gasteiger partial charge in [-0.2, -0.15) is 0 Å². The van der Waals surface area contributed by atoms with Crippen LogP contribution >= 0.6 is 0 Å². The summed E-state index contributed by atoms with van der Waals surface area (Å²) >= 11 is 0. The van der Waals surface area contributed by atoms with Gasteiger partial charge in [0, 0.05) is 17.6 Å². The molecule has 0 bridgehead atoms. The van der Waals surface area contributed by atoms with E-state index in [1.54, 1.807) is 6.20 Å². The number of nitrogens with zero attached hydrogens (tertiary/aromatic N) is 1. The van der Waals surface area contributed by atoms with Crippen molar-refractivity contribution in [3.05, 3.63) is 40.4 Å². The normalized spacial score (nSPS) is 18.5. The Morgan fingerprint density at radius 3 is 3.06 bits per heavy atom. The Morgan fingerprint density at radius 1 is 1.44 bits per heavy atom. The Hall–Kier alpha value is -1.84. The maximum absolute atomic E-state index is 13.6. The van der Waals surface area contributed by atoms with E-state index in [0.717, 1.165) is 0 Å². The van der Waals surface area contributed by atoms with E-state index in [9.17, 15) is 9.18 Å². The molecule has 4 heteroatoms. The lowest BCUT2D eigenvalue weighted by Crippen LogP contribution is -2.23. The van der Waals surface area contributed by atoms with Crippen LogP contribution in [0.3, 0.4) is 0 Å². The standard InChI is InChI=1S/C12H10FNO2/c1-7-6-16-12-9(13)3-2-8-10(15)4-5-14(7)11(8)12/h2-5,7H,6H2,1H3/t7-/m0/s1. The molecule has 1 aliphatic rings. The maximum Gasteiger partial charge on any atom is 0.189 e. The van der Waals surface area contributed by atoms with Gasteiger partial charge in [-0.15, -0.1) is 0 Å². The van der Waals surface area contributed by atoms with E-state index in [0.29, 0.717) is 17.5 Å². The Labute approximate surface area is 91.1 Å². The van der Waals surface area contributed by atoms with Gasteiger partial charge in [-0.05, 0) is 19.1 Å². The van der Waals surface area contributed by atoms with Gasteiger partial charge in [0.25, 0.3) is 0 Å². The van der Waals surface area contributed by atoms with E-state index < -0.39 is 5.82 Å². The van der Waals surface area contributed by atoms with Crippen molar-refractivity contribution >= 4 is 10.9 Å². The van der Waals surface area contributed by atoms with Crippen LogP contribution in [0.15, 0.2) is 29.2 Å². The Kier molecular flexibility index (Phi) is 1.80. The number of pyridine rings is 1. The Balaban J connectivity index is 2.55. The fraction of sp³-hybridized carbons (Fsp3) is 0.250. The van der Waals surface area contributed by atoms with Crippen molar-refractivity contribution in [1.82, 2.24) is 4.57 Å².